The summed E-state index contributed by atoms with van der Waals surface area (Å²) in [6.45, 7) is 11.4. The van der Waals surface area contributed by atoms with E-state index in [1.807, 2.05) is 4.90 Å². The Balaban J connectivity index is 1.81. The van der Waals surface area contributed by atoms with Crippen molar-refractivity contribution < 1.29 is 14.3 Å². The zero-order valence-electron chi connectivity index (χ0n) is 16.4. The Labute approximate surface area is 156 Å². The molecule has 6 nitrogen and oxygen atoms in total. The van der Waals surface area contributed by atoms with Crippen LogP contribution >= 0.6 is 0 Å². The van der Waals surface area contributed by atoms with E-state index >= 15 is 0 Å². The molecule has 0 atom stereocenters. The van der Waals surface area contributed by atoms with Crippen LogP contribution in [0.5, 0.6) is 0 Å². The van der Waals surface area contributed by atoms with Gasteiger partial charge < -0.3 is 19.9 Å². The molecule has 1 saturated heterocycles. The van der Waals surface area contributed by atoms with Crippen LogP contribution in [-0.2, 0) is 9.53 Å². The third-order valence-corrected chi connectivity index (χ3v) is 4.73. The second-order valence-corrected chi connectivity index (χ2v) is 6.94. The molecule has 1 aromatic carbocycles. The topological polar surface area (TPSA) is 61.9 Å². The Bertz CT molecular complexity index is 623. The molecule has 0 aromatic heterocycles. The van der Waals surface area contributed by atoms with Gasteiger partial charge >= 0.3 is 6.09 Å². The van der Waals surface area contributed by atoms with Crippen molar-refractivity contribution in [2.24, 2.45) is 0 Å². The van der Waals surface area contributed by atoms with Crippen LogP contribution in [0.3, 0.4) is 0 Å². The Hall–Kier alpha value is -2.24. The van der Waals surface area contributed by atoms with Crippen molar-refractivity contribution in [2.75, 3.05) is 44.6 Å². The van der Waals surface area contributed by atoms with Crippen molar-refractivity contribution in [3.05, 3.63) is 29.3 Å². The van der Waals surface area contributed by atoms with Crippen molar-refractivity contribution in [3.63, 3.8) is 0 Å². The molecular weight excluding hydrogens is 330 g/mol. The first-order valence-electron chi connectivity index (χ1n) is 9.46. The smallest absolute Gasteiger partial charge is 0.409 e. The van der Waals surface area contributed by atoms with E-state index in [1.165, 1.54) is 11.1 Å². The van der Waals surface area contributed by atoms with Gasteiger partial charge in [0.05, 0.1) is 6.61 Å². The third-order valence-electron chi connectivity index (χ3n) is 4.73. The number of ether oxygens (including phenoxy) is 1. The molecule has 0 spiro atoms. The lowest BCUT2D eigenvalue weighted by molar-refractivity contribution is -0.132. The number of anilines is 1. The van der Waals surface area contributed by atoms with Crippen molar-refractivity contribution >= 4 is 17.7 Å². The van der Waals surface area contributed by atoms with Gasteiger partial charge in [0.2, 0.25) is 5.91 Å². The standard InChI is InChI=1S/C20H31N3O3/c1-5-26-20(25)23-13-11-22(12-14-23)18(24)9-10-21-19-16(4)7-6-8-17(19)15(2)3/h6-8,15,21H,5,9-14H2,1-4H3. The first kappa shape index (κ1) is 20.1. The normalized spacial score (nSPS) is 14.5. The summed E-state index contributed by atoms with van der Waals surface area (Å²) in [6, 6.07) is 6.30. The summed E-state index contributed by atoms with van der Waals surface area (Å²) in [7, 11) is 0. The molecular formula is C20H31N3O3. The number of carbonyl (C=O) groups is 2. The Morgan fingerprint density at radius 1 is 1.15 bits per heavy atom. The summed E-state index contributed by atoms with van der Waals surface area (Å²) in [5.41, 5.74) is 3.62. The predicted octanol–water partition coefficient (Wildman–Crippen LogP) is 3.22. The maximum absolute atomic E-state index is 12.4. The molecule has 0 unspecified atom stereocenters. The molecule has 1 aliphatic rings. The maximum atomic E-state index is 12.4. The summed E-state index contributed by atoms with van der Waals surface area (Å²) in [6.07, 6.45) is 0.160. The largest absolute Gasteiger partial charge is 0.450 e. The highest BCUT2D eigenvalue weighted by Gasteiger charge is 2.24. The predicted molar refractivity (Wildman–Crippen MR) is 104 cm³/mol. The molecule has 2 rings (SSSR count). The van der Waals surface area contributed by atoms with Gasteiger partial charge in [-0.1, -0.05) is 32.0 Å². The van der Waals surface area contributed by atoms with E-state index < -0.39 is 0 Å². The molecule has 1 aliphatic heterocycles. The summed E-state index contributed by atoms with van der Waals surface area (Å²) >= 11 is 0. The van der Waals surface area contributed by atoms with E-state index in [-0.39, 0.29) is 12.0 Å². The molecule has 26 heavy (non-hydrogen) atoms. The summed E-state index contributed by atoms with van der Waals surface area (Å²) in [5.74, 6) is 0.560. The third kappa shape index (κ3) is 5.13. The Morgan fingerprint density at radius 3 is 2.42 bits per heavy atom. The number of para-hydroxylation sites is 1. The molecule has 144 valence electrons. The van der Waals surface area contributed by atoms with Crippen LogP contribution in [-0.4, -0.2) is 61.1 Å². The summed E-state index contributed by atoms with van der Waals surface area (Å²) in [4.78, 5) is 27.7. The number of hydrogen-bond donors (Lipinski definition) is 1. The van der Waals surface area contributed by atoms with Gasteiger partial charge in [0.25, 0.3) is 0 Å². The lowest BCUT2D eigenvalue weighted by Crippen LogP contribution is -2.50. The van der Waals surface area contributed by atoms with Crippen molar-refractivity contribution in [2.45, 2.75) is 40.0 Å². The van der Waals surface area contributed by atoms with Crippen LogP contribution in [0.25, 0.3) is 0 Å². The van der Waals surface area contributed by atoms with Gasteiger partial charge in [0.15, 0.2) is 0 Å². The average Bonchev–Trinajstić information content (AvgIpc) is 2.63. The number of rotatable bonds is 6. The van der Waals surface area contributed by atoms with Gasteiger partial charge in [0.1, 0.15) is 0 Å². The zero-order valence-corrected chi connectivity index (χ0v) is 16.4. The lowest BCUT2D eigenvalue weighted by Gasteiger charge is -2.34. The Kier molecular flexibility index (Phi) is 7.30. The van der Waals surface area contributed by atoms with Crippen molar-refractivity contribution in [1.29, 1.82) is 0 Å². The van der Waals surface area contributed by atoms with Crippen LogP contribution in [0.15, 0.2) is 18.2 Å². The fraction of sp³-hybridized carbons (Fsp3) is 0.600. The molecule has 0 aliphatic carbocycles. The van der Waals surface area contributed by atoms with Crippen LogP contribution < -0.4 is 5.32 Å². The number of amides is 2. The van der Waals surface area contributed by atoms with E-state index in [9.17, 15) is 9.59 Å². The molecule has 2 amide bonds. The minimum absolute atomic E-state index is 0.126. The quantitative estimate of drug-likeness (QED) is 0.845. The van der Waals surface area contributed by atoms with Crippen LogP contribution in [0.4, 0.5) is 10.5 Å². The maximum Gasteiger partial charge on any atom is 0.409 e. The monoisotopic (exact) mass is 361 g/mol. The number of aryl methyl sites for hydroxylation is 1. The SMILES string of the molecule is CCOC(=O)N1CCN(C(=O)CCNc2c(C)cccc2C(C)C)CC1. The van der Waals surface area contributed by atoms with Gasteiger partial charge in [-0.3, -0.25) is 4.79 Å². The second-order valence-electron chi connectivity index (χ2n) is 6.94. The van der Waals surface area contributed by atoms with E-state index in [0.29, 0.717) is 51.7 Å². The first-order valence-corrected chi connectivity index (χ1v) is 9.46. The minimum Gasteiger partial charge on any atom is -0.450 e. The first-order chi connectivity index (χ1) is 12.4. The van der Waals surface area contributed by atoms with Crippen molar-refractivity contribution in [1.82, 2.24) is 9.80 Å². The Morgan fingerprint density at radius 2 is 1.81 bits per heavy atom. The van der Waals surface area contributed by atoms with E-state index in [1.54, 1.807) is 11.8 Å². The van der Waals surface area contributed by atoms with Crippen LogP contribution in [0.2, 0.25) is 0 Å². The van der Waals surface area contributed by atoms with Gasteiger partial charge in [0, 0.05) is 44.8 Å². The number of carbonyl (C=O) groups excluding carboxylic acids is 2. The van der Waals surface area contributed by atoms with Gasteiger partial charge in [-0.2, -0.15) is 0 Å². The average molecular weight is 361 g/mol. The second kappa shape index (κ2) is 9.46. The molecule has 0 saturated carbocycles. The number of hydrogen-bond acceptors (Lipinski definition) is 4. The number of nitrogens with one attached hydrogen (secondary N) is 1. The number of benzene rings is 1. The van der Waals surface area contributed by atoms with E-state index in [0.717, 1.165) is 5.69 Å². The highest BCUT2D eigenvalue weighted by atomic mass is 16.6. The molecule has 6 heteroatoms. The molecule has 1 heterocycles. The molecule has 0 radical (unpaired) electrons. The molecule has 1 N–H and O–H groups in total. The summed E-state index contributed by atoms with van der Waals surface area (Å²) < 4.78 is 5.01. The van der Waals surface area contributed by atoms with E-state index in [2.05, 4.69) is 44.3 Å². The molecule has 0 bridgehead atoms. The lowest BCUT2D eigenvalue weighted by atomic mass is 9.98. The number of piperazine rings is 1. The highest BCUT2D eigenvalue weighted by molar-refractivity contribution is 5.77. The highest BCUT2D eigenvalue weighted by Crippen LogP contribution is 2.27. The van der Waals surface area contributed by atoms with Gasteiger partial charge in [-0.05, 0) is 30.9 Å². The van der Waals surface area contributed by atoms with Crippen molar-refractivity contribution in [3.8, 4) is 0 Å². The fourth-order valence-electron chi connectivity index (χ4n) is 3.22. The minimum atomic E-state index is -0.290. The van der Waals surface area contributed by atoms with Crippen LogP contribution in [0.1, 0.15) is 44.2 Å². The molecule has 1 aromatic rings. The fourth-order valence-corrected chi connectivity index (χ4v) is 3.22. The zero-order chi connectivity index (χ0) is 19.1. The van der Waals surface area contributed by atoms with Gasteiger partial charge in [-0.15, -0.1) is 0 Å². The number of nitrogens with zero attached hydrogens (tertiary/aromatic N) is 2. The van der Waals surface area contributed by atoms with Crippen LogP contribution in [0, 0.1) is 6.92 Å². The molecule has 1 fully saturated rings. The van der Waals surface area contributed by atoms with Gasteiger partial charge in [-0.25, -0.2) is 4.79 Å². The van der Waals surface area contributed by atoms with E-state index in [4.69, 9.17) is 4.74 Å². The summed E-state index contributed by atoms with van der Waals surface area (Å²) in [5, 5.41) is 3.44.